The van der Waals surface area contributed by atoms with Gasteiger partial charge in [0.2, 0.25) is 0 Å². The summed E-state index contributed by atoms with van der Waals surface area (Å²) in [5.74, 6) is 0.794. The number of rotatable bonds is 9. The fourth-order valence-corrected chi connectivity index (χ4v) is 4.88. The summed E-state index contributed by atoms with van der Waals surface area (Å²) < 4.78 is 28.0. The van der Waals surface area contributed by atoms with Gasteiger partial charge in [0.15, 0.2) is 24.4 Å². The highest BCUT2D eigenvalue weighted by Crippen LogP contribution is 2.36. The minimum atomic E-state index is -0.559. The second-order valence-corrected chi connectivity index (χ2v) is 10.2. The summed E-state index contributed by atoms with van der Waals surface area (Å²) >= 11 is 3.25. The van der Waals surface area contributed by atoms with Gasteiger partial charge in [0.1, 0.15) is 24.2 Å². The van der Waals surface area contributed by atoms with E-state index >= 15 is 0 Å². The van der Waals surface area contributed by atoms with Crippen LogP contribution in [-0.2, 0) is 11.3 Å². The average molecular weight is 614 g/mol. The summed E-state index contributed by atoms with van der Waals surface area (Å²) in [7, 11) is 1.54. The number of halogens is 2. The number of carbonyl (C=O) groups excluding carboxylic acids is 1. The second-order valence-electron chi connectivity index (χ2n) is 9.26. The second kappa shape index (κ2) is 11.8. The van der Waals surface area contributed by atoms with E-state index in [4.69, 9.17) is 9.47 Å². The zero-order valence-corrected chi connectivity index (χ0v) is 23.0. The van der Waals surface area contributed by atoms with Gasteiger partial charge in [-0.15, -0.1) is 0 Å². The van der Waals surface area contributed by atoms with Crippen LogP contribution in [0.25, 0.3) is 10.9 Å². The van der Waals surface area contributed by atoms with E-state index < -0.39 is 10.7 Å². The summed E-state index contributed by atoms with van der Waals surface area (Å²) in [5, 5.41) is 14.7. The van der Waals surface area contributed by atoms with Gasteiger partial charge in [-0.25, -0.2) is 23.9 Å². The van der Waals surface area contributed by atoms with Crippen molar-refractivity contribution in [3.05, 3.63) is 69.6 Å². The van der Waals surface area contributed by atoms with E-state index in [0.717, 1.165) is 19.0 Å². The Hall–Kier alpha value is -4.33. The summed E-state index contributed by atoms with van der Waals surface area (Å²) in [6.45, 7) is 1.34. The molecule has 40 heavy (non-hydrogen) atoms. The van der Waals surface area contributed by atoms with Crippen LogP contribution in [-0.4, -0.2) is 62.1 Å². The first-order valence-corrected chi connectivity index (χ1v) is 13.2. The van der Waals surface area contributed by atoms with Gasteiger partial charge < -0.3 is 29.8 Å². The third-order valence-electron chi connectivity index (χ3n) is 6.73. The van der Waals surface area contributed by atoms with Crippen LogP contribution in [0.1, 0.15) is 12.8 Å². The molecule has 5 rings (SSSR count). The van der Waals surface area contributed by atoms with Crippen LogP contribution in [0.2, 0.25) is 0 Å². The number of nitrogens with zero attached hydrogens (tertiary/aromatic N) is 6. The van der Waals surface area contributed by atoms with Crippen molar-refractivity contribution < 1.29 is 23.6 Å². The molecule has 0 aliphatic carbocycles. The number of likely N-dealkylation sites (tertiary alicyclic amines) is 1. The van der Waals surface area contributed by atoms with Crippen molar-refractivity contribution in [1.82, 2.24) is 24.4 Å². The number of piperidine rings is 1. The first-order valence-electron chi connectivity index (χ1n) is 12.4. The zero-order valence-electron chi connectivity index (χ0n) is 21.4. The van der Waals surface area contributed by atoms with Gasteiger partial charge in [-0.1, -0.05) is 15.9 Å². The van der Waals surface area contributed by atoms with Crippen LogP contribution in [0.15, 0.2) is 53.7 Å². The number of ether oxygens (including phenoxy) is 2. The Bertz CT molecular complexity index is 1560. The molecule has 1 N–H and O–H groups in total. The number of fused-ring (bicyclic) bond motifs is 1. The number of methoxy groups -OCH3 is 1. The first kappa shape index (κ1) is 27.2. The Balaban J connectivity index is 1.22. The third kappa shape index (κ3) is 5.96. The molecule has 0 unspecified atom stereocenters. The zero-order chi connectivity index (χ0) is 28.2. The van der Waals surface area contributed by atoms with Crippen LogP contribution >= 0.6 is 15.9 Å². The quantitative estimate of drug-likeness (QED) is 0.210. The lowest BCUT2D eigenvalue weighted by atomic mass is 9.97. The Labute approximate surface area is 236 Å². The maximum Gasteiger partial charge on any atom is 0.343 e. The number of nitro groups is 1. The van der Waals surface area contributed by atoms with Crippen molar-refractivity contribution in [2.45, 2.75) is 19.4 Å². The molecule has 0 bridgehead atoms. The fourth-order valence-electron chi connectivity index (χ4n) is 4.54. The van der Waals surface area contributed by atoms with Gasteiger partial charge >= 0.3 is 5.82 Å². The van der Waals surface area contributed by atoms with Crippen molar-refractivity contribution >= 4 is 50.1 Å². The molecule has 0 radical (unpaired) electrons. The van der Waals surface area contributed by atoms with Gasteiger partial charge in [-0.3, -0.25) is 4.79 Å². The van der Waals surface area contributed by atoms with E-state index in [2.05, 4.69) is 36.2 Å². The number of hydrogen-bond donors (Lipinski definition) is 1. The van der Waals surface area contributed by atoms with Crippen LogP contribution in [0, 0.1) is 21.8 Å². The summed E-state index contributed by atoms with van der Waals surface area (Å²) in [5.41, 5.74) is 0.871. The third-order valence-corrected chi connectivity index (χ3v) is 7.22. The predicted molar refractivity (Wildman–Crippen MR) is 147 cm³/mol. The number of imidazole rings is 1. The van der Waals surface area contributed by atoms with E-state index in [1.807, 2.05) is 0 Å². The summed E-state index contributed by atoms with van der Waals surface area (Å²) in [6.07, 6.45) is 5.26. The maximum absolute atomic E-state index is 14.4. The molecule has 1 fully saturated rings. The lowest BCUT2D eigenvalue weighted by Crippen LogP contribution is -2.41. The number of benzene rings is 2. The topological polar surface area (TPSA) is 138 Å². The molecule has 1 saturated heterocycles. The number of nitrogens with one attached hydrogen (secondary N) is 1. The Morgan fingerprint density at radius 3 is 2.75 bits per heavy atom. The highest BCUT2D eigenvalue weighted by atomic mass is 79.9. The van der Waals surface area contributed by atoms with Crippen LogP contribution < -0.4 is 14.8 Å². The van der Waals surface area contributed by atoms with Crippen molar-refractivity contribution in [1.29, 1.82) is 0 Å². The van der Waals surface area contributed by atoms with E-state index in [-0.39, 0.29) is 29.9 Å². The predicted octanol–water partition coefficient (Wildman–Crippen LogP) is 4.71. The van der Waals surface area contributed by atoms with Gasteiger partial charge in [-0.05, 0) is 47.9 Å². The molecule has 1 aliphatic rings. The molecule has 14 heteroatoms. The number of amides is 1. The highest BCUT2D eigenvalue weighted by Gasteiger charge is 2.26. The molecule has 0 saturated carbocycles. The number of hydrogen-bond acceptors (Lipinski definition) is 9. The molecule has 2 aromatic carbocycles. The Morgan fingerprint density at radius 1 is 1.23 bits per heavy atom. The van der Waals surface area contributed by atoms with Crippen molar-refractivity contribution in [2.24, 2.45) is 5.92 Å². The van der Waals surface area contributed by atoms with E-state index in [1.165, 1.54) is 30.4 Å². The van der Waals surface area contributed by atoms with Crippen LogP contribution in [0.5, 0.6) is 11.5 Å². The first-order chi connectivity index (χ1) is 19.3. The molecule has 3 heterocycles. The average Bonchev–Trinajstić information content (AvgIpc) is 3.41. The standard InChI is InChI=1S/C26H25BrFN7O5/c1-39-22-9-18-21(30-14-31-26(18)32-20-3-2-17(27)8-19(20)28)10-23(22)40-13-16-4-6-33(7-5-16)25(36)12-34-15-29-11-24(34)35(37)38/h2-3,8-11,14-16H,4-7,12-13H2,1H3,(H,30,31,32). The van der Waals surface area contributed by atoms with Gasteiger partial charge in [0.25, 0.3) is 5.91 Å². The highest BCUT2D eigenvalue weighted by molar-refractivity contribution is 9.10. The monoisotopic (exact) mass is 613 g/mol. The molecule has 1 aliphatic heterocycles. The molecule has 4 aromatic rings. The largest absolute Gasteiger partial charge is 0.493 e. The summed E-state index contributed by atoms with van der Waals surface area (Å²) in [4.78, 5) is 37.3. The lowest BCUT2D eigenvalue weighted by Gasteiger charge is -2.31. The van der Waals surface area contributed by atoms with Crippen molar-refractivity contribution in [2.75, 3.05) is 32.1 Å². The van der Waals surface area contributed by atoms with Crippen LogP contribution in [0.3, 0.4) is 0 Å². The summed E-state index contributed by atoms with van der Waals surface area (Å²) in [6, 6.07) is 8.22. The van der Waals surface area contributed by atoms with Gasteiger partial charge in [0.05, 0.1) is 24.9 Å². The van der Waals surface area contributed by atoms with Crippen molar-refractivity contribution in [3.8, 4) is 11.5 Å². The molecule has 12 nitrogen and oxygen atoms in total. The fraction of sp³-hybridized carbons (Fsp3) is 0.308. The normalized spacial score (nSPS) is 13.8. The molecular weight excluding hydrogens is 589 g/mol. The molecule has 208 valence electrons. The molecule has 0 atom stereocenters. The SMILES string of the molecule is COc1cc2c(Nc3ccc(Br)cc3F)ncnc2cc1OCC1CCN(C(=O)Cn2cncc2[N+](=O)[O-])CC1. The number of carbonyl (C=O) groups is 1. The molecule has 1 amide bonds. The smallest absolute Gasteiger partial charge is 0.343 e. The minimum Gasteiger partial charge on any atom is -0.493 e. The van der Waals surface area contributed by atoms with E-state index in [9.17, 15) is 19.3 Å². The number of aromatic nitrogens is 4. The number of anilines is 2. The lowest BCUT2D eigenvalue weighted by molar-refractivity contribution is -0.392. The maximum atomic E-state index is 14.4. The van der Waals surface area contributed by atoms with Gasteiger partial charge in [-0.2, -0.15) is 0 Å². The molecule has 2 aromatic heterocycles. The Kier molecular flexibility index (Phi) is 8.05. The van der Waals surface area contributed by atoms with E-state index in [0.29, 0.717) is 52.4 Å². The molecular formula is C26H25BrFN7O5. The van der Waals surface area contributed by atoms with Gasteiger partial charge in [0, 0.05) is 29.0 Å². The van der Waals surface area contributed by atoms with Crippen LogP contribution in [0.4, 0.5) is 21.7 Å². The Morgan fingerprint density at radius 2 is 2.02 bits per heavy atom. The van der Waals surface area contributed by atoms with E-state index in [1.54, 1.807) is 29.2 Å². The van der Waals surface area contributed by atoms with Crippen molar-refractivity contribution in [3.63, 3.8) is 0 Å². The molecule has 0 spiro atoms. The minimum absolute atomic E-state index is 0.126.